The summed E-state index contributed by atoms with van der Waals surface area (Å²) in [7, 11) is 0. The highest BCUT2D eigenvalue weighted by Crippen LogP contribution is 2.22. The Bertz CT molecular complexity index is 379. The molecule has 0 aliphatic carbocycles. The first kappa shape index (κ1) is 13.8. The zero-order valence-corrected chi connectivity index (χ0v) is 11.1. The van der Waals surface area contributed by atoms with Crippen molar-refractivity contribution in [3.63, 3.8) is 0 Å². The van der Waals surface area contributed by atoms with Crippen molar-refractivity contribution in [1.82, 2.24) is 5.32 Å². The molecule has 0 radical (unpaired) electrons. The van der Waals surface area contributed by atoms with E-state index < -0.39 is 0 Å². The fourth-order valence-electron chi connectivity index (χ4n) is 1.17. The minimum absolute atomic E-state index is 0.0131. The molecule has 0 fully saturated rings. The van der Waals surface area contributed by atoms with E-state index in [4.69, 9.17) is 16.3 Å². The number of rotatable bonds is 5. The summed E-state index contributed by atoms with van der Waals surface area (Å²) in [6.07, 6.45) is 0. The van der Waals surface area contributed by atoms with Crippen molar-refractivity contribution in [2.45, 2.75) is 26.8 Å². The van der Waals surface area contributed by atoms with Gasteiger partial charge in [-0.3, -0.25) is 4.79 Å². The molecule has 17 heavy (non-hydrogen) atoms. The molecule has 1 N–H and O–H groups in total. The minimum Gasteiger partial charge on any atom is -0.482 e. The zero-order chi connectivity index (χ0) is 12.8. The number of amides is 1. The van der Waals surface area contributed by atoms with Gasteiger partial charge in [0.25, 0.3) is 5.91 Å². The molecule has 0 heterocycles. The fourth-order valence-corrected chi connectivity index (χ4v) is 1.36. The standard InChI is InChI=1S/C13H18ClNO2/c1-9(2)10(3)15-13(16)8-17-12-7-5-4-6-11(12)14/h4-7,9-10H,8H2,1-3H3,(H,15,16)/t10-/m0/s1. The van der Waals surface area contributed by atoms with Crippen LogP contribution in [0.25, 0.3) is 0 Å². The number of halogens is 1. The van der Waals surface area contributed by atoms with Crippen LogP contribution in [-0.2, 0) is 4.79 Å². The van der Waals surface area contributed by atoms with E-state index in [0.717, 1.165) is 0 Å². The second-order valence-electron chi connectivity index (χ2n) is 4.32. The monoisotopic (exact) mass is 255 g/mol. The highest BCUT2D eigenvalue weighted by Gasteiger charge is 2.11. The van der Waals surface area contributed by atoms with Gasteiger partial charge < -0.3 is 10.1 Å². The van der Waals surface area contributed by atoms with Gasteiger partial charge in [-0.1, -0.05) is 37.6 Å². The van der Waals surface area contributed by atoms with Crippen LogP contribution in [0.15, 0.2) is 24.3 Å². The van der Waals surface area contributed by atoms with Crippen LogP contribution in [0, 0.1) is 5.92 Å². The average molecular weight is 256 g/mol. The largest absolute Gasteiger partial charge is 0.482 e. The molecule has 0 saturated heterocycles. The Morgan fingerprint density at radius 3 is 2.59 bits per heavy atom. The van der Waals surface area contributed by atoms with Crippen LogP contribution < -0.4 is 10.1 Å². The van der Waals surface area contributed by atoms with Crippen LogP contribution in [-0.4, -0.2) is 18.6 Å². The maximum absolute atomic E-state index is 11.6. The van der Waals surface area contributed by atoms with E-state index in [2.05, 4.69) is 19.2 Å². The lowest BCUT2D eigenvalue weighted by molar-refractivity contribution is -0.123. The molecule has 1 aromatic carbocycles. The molecule has 0 aromatic heterocycles. The third kappa shape index (κ3) is 4.65. The van der Waals surface area contributed by atoms with Crippen LogP contribution in [0.3, 0.4) is 0 Å². The smallest absolute Gasteiger partial charge is 0.258 e. The maximum atomic E-state index is 11.6. The molecule has 0 spiro atoms. The molecule has 0 bridgehead atoms. The molecular weight excluding hydrogens is 238 g/mol. The normalized spacial score (nSPS) is 12.3. The minimum atomic E-state index is -0.133. The SMILES string of the molecule is CC(C)[C@H](C)NC(=O)COc1ccccc1Cl. The first-order valence-electron chi connectivity index (χ1n) is 5.67. The molecular formula is C13H18ClNO2. The number of nitrogens with one attached hydrogen (secondary N) is 1. The summed E-state index contributed by atoms with van der Waals surface area (Å²) >= 11 is 5.91. The van der Waals surface area contributed by atoms with Crippen LogP contribution in [0.1, 0.15) is 20.8 Å². The second kappa shape index (κ2) is 6.50. The van der Waals surface area contributed by atoms with E-state index in [-0.39, 0.29) is 18.6 Å². The van der Waals surface area contributed by atoms with Crippen LogP contribution in [0.2, 0.25) is 5.02 Å². The van der Waals surface area contributed by atoms with Crippen LogP contribution >= 0.6 is 11.6 Å². The van der Waals surface area contributed by atoms with E-state index in [1.54, 1.807) is 12.1 Å². The summed E-state index contributed by atoms with van der Waals surface area (Å²) in [5.41, 5.74) is 0. The predicted octanol–water partition coefficient (Wildman–Crippen LogP) is 2.88. The molecule has 1 aromatic rings. The maximum Gasteiger partial charge on any atom is 0.258 e. The molecule has 4 heteroatoms. The van der Waals surface area contributed by atoms with Crippen molar-refractivity contribution >= 4 is 17.5 Å². The summed E-state index contributed by atoms with van der Waals surface area (Å²) in [4.78, 5) is 11.6. The third-order valence-electron chi connectivity index (χ3n) is 2.58. The summed E-state index contributed by atoms with van der Waals surface area (Å²) in [5.74, 6) is 0.798. The van der Waals surface area contributed by atoms with E-state index >= 15 is 0 Å². The summed E-state index contributed by atoms with van der Waals surface area (Å²) in [6.45, 7) is 6.07. The quantitative estimate of drug-likeness (QED) is 0.879. The average Bonchev–Trinajstić information content (AvgIpc) is 2.27. The van der Waals surface area contributed by atoms with Gasteiger partial charge in [0.15, 0.2) is 6.61 Å². The summed E-state index contributed by atoms with van der Waals surface area (Å²) in [6, 6.07) is 7.23. The van der Waals surface area contributed by atoms with Gasteiger partial charge in [0.2, 0.25) is 0 Å². The van der Waals surface area contributed by atoms with Crippen molar-refractivity contribution < 1.29 is 9.53 Å². The van der Waals surface area contributed by atoms with E-state index in [0.29, 0.717) is 16.7 Å². The topological polar surface area (TPSA) is 38.3 Å². The number of benzene rings is 1. The number of hydrogen-bond acceptors (Lipinski definition) is 2. The van der Waals surface area contributed by atoms with Gasteiger partial charge in [0.1, 0.15) is 5.75 Å². The van der Waals surface area contributed by atoms with Crippen molar-refractivity contribution in [3.05, 3.63) is 29.3 Å². The van der Waals surface area contributed by atoms with Crippen molar-refractivity contribution in [2.75, 3.05) is 6.61 Å². The molecule has 1 atom stereocenters. The highest BCUT2D eigenvalue weighted by atomic mass is 35.5. The molecule has 1 rings (SSSR count). The van der Waals surface area contributed by atoms with E-state index in [1.165, 1.54) is 0 Å². The Labute approximate surface area is 107 Å². The Morgan fingerprint density at radius 2 is 2.00 bits per heavy atom. The van der Waals surface area contributed by atoms with Crippen molar-refractivity contribution in [1.29, 1.82) is 0 Å². The first-order valence-corrected chi connectivity index (χ1v) is 6.05. The third-order valence-corrected chi connectivity index (χ3v) is 2.90. The van der Waals surface area contributed by atoms with Crippen LogP contribution in [0.4, 0.5) is 0 Å². The molecule has 3 nitrogen and oxygen atoms in total. The van der Waals surface area contributed by atoms with Gasteiger partial charge in [-0.15, -0.1) is 0 Å². The van der Waals surface area contributed by atoms with Gasteiger partial charge >= 0.3 is 0 Å². The number of ether oxygens (including phenoxy) is 1. The summed E-state index contributed by atoms with van der Waals surface area (Å²) < 4.78 is 5.34. The number of para-hydroxylation sites is 1. The van der Waals surface area contributed by atoms with Gasteiger partial charge in [-0.05, 0) is 25.0 Å². The fraction of sp³-hybridized carbons (Fsp3) is 0.462. The number of carbonyl (C=O) groups excluding carboxylic acids is 1. The first-order chi connectivity index (χ1) is 8.00. The molecule has 1 amide bonds. The molecule has 0 saturated carbocycles. The second-order valence-corrected chi connectivity index (χ2v) is 4.73. The Hall–Kier alpha value is -1.22. The van der Waals surface area contributed by atoms with Crippen molar-refractivity contribution in [2.24, 2.45) is 5.92 Å². The Balaban J connectivity index is 2.41. The lowest BCUT2D eigenvalue weighted by Crippen LogP contribution is -2.38. The number of carbonyl (C=O) groups is 1. The van der Waals surface area contributed by atoms with Crippen molar-refractivity contribution in [3.8, 4) is 5.75 Å². The number of hydrogen-bond donors (Lipinski definition) is 1. The zero-order valence-electron chi connectivity index (χ0n) is 10.4. The molecule has 0 aliphatic heterocycles. The van der Waals surface area contributed by atoms with Crippen LogP contribution in [0.5, 0.6) is 5.75 Å². The Kier molecular flexibility index (Phi) is 5.29. The van der Waals surface area contributed by atoms with Gasteiger partial charge in [0.05, 0.1) is 5.02 Å². The molecule has 0 unspecified atom stereocenters. The van der Waals surface area contributed by atoms with Gasteiger partial charge in [-0.2, -0.15) is 0 Å². The highest BCUT2D eigenvalue weighted by molar-refractivity contribution is 6.32. The molecule has 0 aliphatic rings. The summed E-state index contributed by atoms with van der Waals surface area (Å²) in [5, 5.41) is 3.37. The molecule has 94 valence electrons. The van der Waals surface area contributed by atoms with E-state index in [1.807, 2.05) is 19.1 Å². The lowest BCUT2D eigenvalue weighted by Gasteiger charge is -2.17. The lowest BCUT2D eigenvalue weighted by atomic mass is 10.1. The van der Waals surface area contributed by atoms with Gasteiger partial charge in [0, 0.05) is 6.04 Å². The Morgan fingerprint density at radius 1 is 1.35 bits per heavy atom. The van der Waals surface area contributed by atoms with E-state index in [9.17, 15) is 4.79 Å². The predicted molar refractivity (Wildman–Crippen MR) is 69.4 cm³/mol. The van der Waals surface area contributed by atoms with Gasteiger partial charge in [-0.25, -0.2) is 0 Å².